The summed E-state index contributed by atoms with van der Waals surface area (Å²) in [5, 5.41) is 8.56. The van der Waals surface area contributed by atoms with E-state index in [0.29, 0.717) is 12.5 Å². The molecule has 0 heterocycles. The molecule has 0 rings (SSSR count). The number of guanidine groups is 1. The monoisotopic (exact) mass is 169 g/mol. The topological polar surface area (TPSA) is 56.1 Å². The van der Waals surface area contributed by atoms with Crippen molar-refractivity contribution in [2.45, 2.75) is 6.92 Å². The number of nitriles is 1. The Morgan fingerprint density at radius 3 is 2.50 bits per heavy atom. The minimum absolute atomic E-state index is 0.00787. The molecule has 0 bridgehead atoms. The van der Waals surface area contributed by atoms with Gasteiger partial charge in [-0.25, -0.2) is 0 Å². The van der Waals surface area contributed by atoms with Gasteiger partial charge < -0.3 is 0 Å². The molecule has 0 spiro atoms. The predicted octanol–water partition coefficient (Wildman–Crippen LogP) is -0.335. The lowest BCUT2D eigenvalue weighted by molar-refractivity contribution is -0.471. The summed E-state index contributed by atoms with van der Waals surface area (Å²) in [6.07, 6.45) is 0. The second kappa shape index (κ2) is 4.60. The summed E-state index contributed by atoms with van der Waals surface area (Å²) in [5.74, 6) is 0.686. The fourth-order valence-corrected chi connectivity index (χ4v) is 0.887. The Bertz CT molecular complexity index is 210. The smallest absolute Gasteiger partial charge is 0.291 e. The first-order valence-electron chi connectivity index (χ1n) is 3.89. The van der Waals surface area contributed by atoms with Crippen molar-refractivity contribution < 1.29 is 4.58 Å². The molecule has 2 N–H and O–H groups in total. The van der Waals surface area contributed by atoms with Crippen LogP contribution in [0, 0.1) is 17.2 Å². The molecule has 0 amide bonds. The zero-order valence-electron chi connectivity index (χ0n) is 8.20. The lowest BCUT2D eigenvalue weighted by Gasteiger charge is -2.14. The van der Waals surface area contributed by atoms with E-state index in [2.05, 4.69) is 6.07 Å². The first-order valence-corrected chi connectivity index (χ1v) is 3.89. The SMILES string of the molecule is CC(C#N)CN(C)C(N)=[N+](C)C. The Hall–Kier alpha value is -1.24. The van der Waals surface area contributed by atoms with Gasteiger partial charge in [0, 0.05) is 0 Å². The normalized spacial score (nSPS) is 11.6. The van der Waals surface area contributed by atoms with Crippen molar-refractivity contribution in [1.29, 1.82) is 5.26 Å². The van der Waals surface area contributed by atoms with Crippen LogP contribution in [0.1, 0.15) is 6.92 Å². The van der Waals surface area contributed by atoms with Crippen LogP contribution in [0.2, 0.25) is 0 Å². The van der Waals surface area contributed by atoms with Crippen LogP contribution in [0.15, 0.2) is 0 Å². The van der Waals surface area contributed by atoms with Gasteiger partial charge in [-0.05, 0) is 6.92 Å². The Balaban J connectivity index is 4.16. The number of hydrogen-bond acceptors (Lipinski definition) is 1. The van der Waals surface area contributed by atoms with Gasteiger partial charge in [-0.15, -0.1) is 0 Å². The molecule has 1 unspecified atom stereocenters. The van der Waals surface area contributed by atoms with Crippen LogP contribution < -0.4 is 5.73 Å². The van der Waals surface area contributed by atoms with Crippen molar-refractivity contribution in [1.82, 2.24) is 4.90 Å². The largest absolute Gasteiger partial charge is 0.345 e. The van der Waals surface area contributed by atoms with Crippen LogP contribution in [-0.4, -0.2) is 43.1 Å². The quantitative estimate of drug-likeness (QED) is 0.350. The van der Waals surface area contributed by atoms with Gasteiger partial charge in [-0.2, -0.15) is 5.26 Å². The summed E-state index contributed by atoms with van der Waals surface area (Å²) in [7, 11) is 5.63. The van der Waals surface area contributed by atoms with Gasteiger partial charge in [0.2, 0.25) is 0 Å². The van der Waals surface area contributed by atoms with E-state index in [0.717, 1.165) is 0 Å². The Labute approximate surface area is 73.9 Å². The van der Waals surface area contributed by atoms with E-state index < -0.39 is 0 Å². The highest BCUT2D eigenvalue weighted by molar-refractivity contribution is 5.72. The van der Waals surface area contributed by atoms with E-state index in [-0.39, 0.29) is 5.92 Å². The maximum Gasteiger partial charge on any atom is 0.345 e. The first kappa shape index (κ1) is 10.8. The van der Waals surface area contributed by atoms with Crippen LogP contribution >= 0.6 is 0 Å². The highest BCUT2D eigenvalue weighted by Gasteiger charge is 2.13. The highest BCUT2D eigenvalue weighted by Crippen LogP contribution is 1.94. The molecule has 0 aromatic carbocycles. The molecule has 0 aliphatic heterocycles. The third-order valence-electron chi connectivity index (χ3n) is 1.62. The van der Waals surface area contributed by atoms with Gasteiger partial charge in [-0.3, -0.25) is 15.2 Å². The second-order valence-corrected chi connectivity index (χ2v) is 3.16. The van der Waals surface area contributed by atoms with Crippen molar-refractivity contribution in [3.63, 3.8) is 0 Å². The summed E-state index contributed by atoms with van der Waals surface area (Å²) < 4.78 is 1.82. The number of nitrogens with two attached hydrogens (primary N) is 1. The summed E-state index contributed by atoms with van der Waals surface area (Å²) in [6, 6.07) is 2.16. The molecule has 0 aliphatic carbocycles. The molecule has 0 fully saturated rings. The Morgan fingerprint density at radius 2 is 2.17 bits per heavy atom. The fraction of sp³-hybridized carbons (Fsp3) is 0.750. The Kier molecular flexibility index (Phi) is 4.12. The van der Waals surface area contributed by atoms with Crippen molar-refractivity contribution in [3.8, 4) is 6.07 Å². The molecule has 4 nitrogen and oxygen atoms in total. The fourth-order valence-electron chi connectivity index (χ4n) is 0.887. The minimum atomic E-state index is 0.00787. The van der Waals surface area contributed by atoms with Crippen LogP contribution in [0.25, 0.3) is 0 Å². The zero-order chi connectivity index (χ0) is 9.72. The van der Waals surface area contributed by atoms with E-state index in [9.17, 15) is 0 Å². The molecule has 0 radical (unpaired) electrons. The third kappa shape index (κ3) is 3.24. The molecule has 1 atom stereocenters. The molecule has 12 heavy (non-hydrogen) atoms. The van der Waals surface area contributed by atoms with E-state index in [1.165, 1.54) is 0 Å². The van der Waals surface area contributed by atoms with Crippen molar-refractivity contribution in [2.24, 2.45) is 11.7 Å². The van der Waals surface area contributed by atoms with Crippen molar-refractivity contribution in [2.75, 3.05) is 27.7 Å². The minimum Gasteiger partial charge on any atom is -0.291 e. The second-order valence-electron chi connectivity index (χ2n) is 3.16. The average Bonchev–Trinajstić information content (AvgIpc) is 2.02. The molecule has 0 aromatic heterocycles. The predicted molar refractivity (Wildman–Crippen MR) is 48.7 cm³/mol. The Morgan fingerprint density at radius 1 is 1.67 bits per heavy atom. The summed E-state index contributed by atoms with van der Waals surface area (Å²) >= 11 is 0. The molecule has 0 aliphatic rings. The molecule has 0 saturated carbocycles. The van der Waals surface area contributed by atoms with E-state index in [1.807, 2.05) is 37.5 Å². The molecule has 4 heteroatoms. The molecular weight excluding hydrogens is 152 g/mol. The summed E-state index contributed by atoms with van der Waals surface area (Å²) in [5.41, 5.74) is 5.72. The van der Waals surface area contributed by atoms with E-state index in [4.69, 9.17) is 11.0 Å². The first-order chi connectivity index (χ1) is 5.49. The van der Waals surface area contributed by atoms with Gasteiger partial charge in [-0.1, -0.05) is 0 Å². The van der Waals surface area contributed by atoms with Crippen LogP contribution in [0.5, 0.6) is 0 Å². The molecule has 0 aromatic rings. The standard InChI is InChI=1S/C8H16N4/c1-7(5-9)6-12(4)8(10)11(2)3/h7,10H,6H2,1-4H3/p+1. The lowest BCUT2D eigenvalue weighted by atomic mass is 10.2. The third-order valence-corrected chi connectivity index (χ3v) is 1.62. The maximum absolute atomic E-state index is 8.56. The van der Waals surface area contributed by atoms with Gasteiger partial charge >= 0.3 is 5.96 Å². The number of hydrogen-bond donors (Lipinski definition) is 1. The van der Waals surface area contributed by atoms with Crippen molar-refractivity contribution in [3.05, 3.63) is 0 Å². The van der Waals surface area contributed by atoms with Gasteiger partial charge in [0.1, 0.15) is 0 Å². The number of nitrogens with zero attached hydrogens (tertiary/aromatic N) is 3. The highest BCUT2D eigenvalue weighted by atomic mass is 15.3. The molecule has 0 saturated heterocycles. The average molecular weight is 169 g/mol. The van der Waals surface area contributed by atoms with Crippen LogP contribution in [0.3, 0.4) is 0 Å². The molecule has 68 valence electrons. The zero-order valence-corrected chi connectivity index (χ0v) is 8.20. The van der Waals surface area contributed by atoms with E-state index >= 15 is 0 Å². The van der Waals surface area contributed by atoms with Crippen molar-refractivity contribution >= 4 is 5.96 Å². The number of rotatable bonds is 2. The van der Waals surface area contributed by atoms with E-state index in [1.54, 1.807) is 0 Å². The van der Waals surface area contributed by atoms with Gasteiger partial charge in [0.15, 0.2) is 0 Å². The van der Waals surface area contributed by atoms with Crippen LogP contribution in [-0.2, 0) is 0 Å². The summed E-state index contributed by atoms with van der Waals surface area (Å²) in [6.45, 7) is 2.54. The van der Waals surface area contributed by atoms with Gasteiger partial charge in [0.05, 0.1) is 39.7 Å². The molecular formula is C8H17N4+. The maximum atomic E-state index is 8.56. The lowest BCUT2D eigenvalue weighted by Crippen LogP contribution is -2.41. The van der Waals surface area contributed by atoms with Crippen LogP contribution in [0.4, 0.5) is 0 Å². The van der Waals surface area contributed by atoms with Gasteiger partial charge in [0.25, 0.3) is 0 Å². The summed E-state index contributed by atoms with van der Waals surface area (Å²) in [4.78, 5) is 1.87.